The first kappa shape index (κ1) is 18.1. The Morgan fingerprint density at radius 1 is 1.32 bits per heavy atom. The van der Waals surface area contributed by atoms with Crippen LogP contribution in [0, 0.1) is 0 Å². The van der Waals surface area contributed by atoms with Crippen molar-refractivity contribution in [1.82, 2.24) is 9.62 Å². The molecule has 1 amide bonds. The molecule has 7 heteroatoms. The van der Waals surface area contributed by atoms with Crippen molar-refractivity contribution in [2.45, 2.75) is 44.2 Å². The summed E-state index contributed by atoms with van der Waals surface area (Å²) in [6.45, 7) is 4.75. The van der Waals surface area contributed by atoms with Gasteiger partial charge in [0.15, 0.2) is 0 Å². The first-order valence-corrected chi connectivity index (χ1v) is 10.7. The number of sulfonamides is 1. The maximum absolute atomic E-state index is 12.9. The van der Waals surface area contributed by atoms with E-state index in [1.807, 2.05) is 38.1 Å². The van der Waals surface area contributed by atoms with Gasteiger partial charge in [-0.25, -0.2) is 8.42 Å². The molecule has 0 radical (unpaired) electrons. The molecule has 134 valence electrons. The largest absolute Gasteiger partial charge is 0.349 e. The summed E-state index contributed by atoms with van der Waals surface area (Å²) in [5, 5.41) is 4.42. The topological polar surface area (TPSA) is 66.5 Å². The van der Waals surface area contributed by atoms with Gasteiger partial charge in [-0.05, 0) is 37.0 Å². The minimum absolute atomic E-state index is 0.0632. The summed E-state index contributed by atoms with van der Waals surface area (Å²) in [6, 6.07) is 9.46. The van der Waals surface area contributed by atoms with E-state index in [9.17, 15) is 13.2 Å². The first-order chi connectivity index (χ1) is 11.9. The molecule has 0 fully saturated rings. The smallest absolute Gasteiger partial charge is 0.261 e. The standard InChI is InChI=1S/C18H22N2O3S2/c1-3-13(2)19-18(21)17-10-16(12-24-17)25(22,23)20-9-8-14-6-4-5-7-15(14)11-20/h4-7,10,12-13H,3,8-9,11H2,1-2H3,(H,19,21). The number of carbonyl (C=O) groups is 1. The van der Waals surface area contributed by atoms with Gasteiger partial charge in [0, 0.05) is 24.5 Å². The molecule has 1 aromatic heterocycles. The molecule has 0 saturated carbocycles. The summed E-state index contributed by atoms with van der Waals surface area (Å²) in [4.78, 5) is 12.8. The van der Waals surface area contributed by atoms with Gasteiger partial charge >= 0.3 is 0 Å². The van der Waals surface area contributed by atoms with Crippen molar-refractivity contribution in [3.05, 3.63) is 51.7 Å². The molecule has 25 heavy (non-hydrogen) atoms. The minimum Gasteiger partial charge on any atom is -0.349 e. The van der Waals surface area contributed by atoms with Gasteiger partial charge in [-0.3, -0.25) is 4.79 Å². The van der Waals surface area contributed by atoms with Crippen molar-refractivity contribution in [1.29, 1.82) is 0 Å². The SMILES string of the molecule is CCC(C)NC(=O)c1cc(S(=O)(=O)N2CCc3ccccc3C2)cs1. The molecule has 1 N–H and O–H groups in total. The van der Waals surface area contributed by atoms with Crippen molar-refractivity contribution in [3.8, 4) is 0 Å². The number of benzene rings is 1. The number of thiophene rings is 1. The fourth-order valence-corrected chi connectivity index (χ4v) is 5.38. The van der Waals surface area contributed by atoms with Gasteiger partial charge in [0.05, 0.1) is 9.77 Å². The molecule has 2 heterocycles. The highest BCUT2D eigenvalue weighted by Gasteiger charge is 2.29. The lowest BCUT2D eigenvalue weighted by molar-refractivity contribution is 0.0943. The Morgan fingerprint density at radius 3 is 2.76 bits per heavy atom. The lowest BCUT2D eigenvalue weighted by Crippen LogP contribution is -2.35. The monoisotopic (exact) mass is 378 g/mol. The number of rotatable bonds is 5. The molecular weight excluding hydrogens is 356 g/mol. The lowest BCUT2D eigenvalue weighted by Gasteiger charge is -2.27. The van der Waals surface area contributed by atoms with Crippen LogP contribution in [0.1, 0.15) is 41.1 Å². The van der Waals surface area contributed by atoms with Crippen molar-refractivity contribution >= 4 is 27.3 Å². The zero-order valence-corrected chi connectivity index (χ0v) is 16.0. The maximum Gasteiger partial charge on any atom is 0.261 e. The van der Waals surface area contributed by atoms with E-state index in [0.717, 1.165) is 12.0 Å². The van der Waals surface area contributed by atoms with Gasteiger partial charge in [-0.2, -0.15) is 4.31 Å². The molecule has 1 unspecified atom stereocenters. The number of nitrogens with one attached hydrogen (secondary N) is 1. The Labute approximate surface area is 152 Å². The second-order valence-corrected chi connectivity index (χ2v) is 9.14. The van der Waals surface area contributed by atoms with E-state index in [2.05, 4.69) is 5.32 Å². The van der Waals surface area contributed by atoms with Crippen LogP contribution in [-0.4, -0.2) is 31.2 Å². The highest BCUT2D eigenvalue weighted by molar-refractivity contribution is 7.89. The highest BCUT2D eigenvalue weighted by Crippen LogP contribution is 2.27. The number of hydrogen-bond donors (Lipinski definition) is 1. The van der Waals surface area contributed by atoms with Crippen molar-refractivity contribution in [2.75, 3.05) is 6.54 Å². The normalized spacial score (nSPS) is 16.2. The van der Waals surface area contributed by atoms with Crippen LogP contribution in [0.5, 0.6) is 0 Å². The van der Waals surface area contributed by atoms with Gasteiger partial charge in [0.1, 0.15) is 0 Å². The number of carbonyl (C=O) groups excluding carboxylic acids is 1. The van der Waals surface area contributed by atoms with Gasteiger partial charge in [0.2, 0.25) is 10.0 Å². The van der Waals surface area contributed by atoms with Gasteiger partial charge < -0.3 is 5.32 Å². The molecule has 1 aliphatic rings. The predicted octanol–water partition coefficient (Wildman–Crippen LogP) is 3.02. The van der Waals surface area contributed by atoms with E-state index in [-0.39, 0.29) is 16.8 Å². The minimum atomic E-state index is -3.59. The van der Waals surface area contributed by atoms with Crippen LogP contribution in [-0.2, 0) is 23.0 Å². The second-order valence-electron chi connectivity index (χ2n) is 6.29. The summed E-state index contributed by atoms with van der Waals surface area (Å²) in [6.07, 6.45) is 1.54. The van der Waals surface area contributed by atoms with Crippen LogP contribution in [0.25, 0.3) is 0 Å². The third-order valence-electron chi connectivity index (χ3n) is 4.52. The van der Waals surface area contributed by atoms with Crippen molar-refractivity contribution < 1.29 is 13.2 Å². The number of hydrogen-bond acceptors (Lipinski definition) is 4. The Bertz CT molecular complexity index is 874. The molecule has 0 spiro atoms. The third-order valence-corrected chi connectivity index (χ3v) is 7.42. The average molecular weight is 379 g/mol. The van der Waals surface area contributed by atoms with E-state index >= 15 is 0 Å². The molecule has 0 saturated heterocycles. The number of amides is 1. The summed E-state index contributed by atoms with van der Waals surface area (Å²) >= 11 is 1.17. The molecule has 5 nitrogen and oxygen atoms in total. The summed E-state index contributed by atoms with van der Waals surface area (Å²) in [5.41, 5.74) is 2.25. The van der Waals surface area contributed by atoms with Crippen molar-refractivity contribution in [2.24, 2.45) is 0 Å². The molecule has 1 aliphatic heterocycles. The zero-order chi connectivity index (χ0) is 18.0. The van der Waals surface area contributed by atoms with Crippen LogP contribution in [0.3, 0.4) is 0 Å². The molecule has 2 aromatic rings. The molecular formula is C18H22N2O3S2. The third kappa shape index (κ3) is 3.78. The van der Waals surface area contributed by atoms with E-state index < -0.39 is 10.0 Å². The Kier molecular flexibility index (Phi) is 5.27. The van der Waals surface area contributed by atoms with Gasteiger partial charge in [0.25, 0.3) is 5.91 Å². The Morgan fingerprint density at radius 2 is 2.04 bits per heavy atom. The van der Waals surface area contributed by atoms with Gasteiger partial charge in [-0.1, -0.05) is 31.2 Å². The van der Waals surface area contributed by atoms with E-state index in [1.165, 1.54) is 27.3 Å². The Hall–Kier alpha value is -1.70. The van der Waals surface area contributed by atoms with E-state index in [0.29, 0.717) is 24.4 Å². The summed E-state index contributed by atoms with van der Waals surface area (Å²) in [7, 11) is -3.59. The lowest BCUT2D eigenvalue weighted by atomic mass is 10.0. The quantitative estimate of drug-likeness (QED) is 0.870. The zero-order valence-electron chi connectivity index (χ0n) is 14.4. The van der Waals surface area contributed by atoms with E-state index in [1.54, 1.807) is 5.38 Å². The highest BCUT2D eigenvalue weighted by atomic mass is 32.2. The van der Waals surface area contributed by atoms with Crippen LogP contribution < -0.4 is 5.32 Å². The van der Waals surface area contributed by atoms with Crippen LogP contribution in [0.4, 0.5) is 0 Å². The second kappa shape index (κ2) is 7.27. The molecule has 0 aliphatic carbocycles. The fraction of sp³-hybridized carbons (Fsp3) is 0.389. The predicted molar refractivity (Wildman–Crippen MR) is 99.3 cm³/mol. The number of nitrogens with zero attached hydrogens (tertiary/aromatic N) is 1. The van der Waals surface area contributed by atoms with Crippen LogP contribution in [0.2, 0.25) is 0 Å². The van der Waals surface area contributed by atoms with Crippen LogP contribution in [0.15, 0.2) is 40.6 Å². The Balaban J connectivity index is 1.79. The fourth-order valence-electron chi connectivity index (χ4n) is 2.79. The maximum atomic E-state index is 12.9. The van der Waals surface area contributed by atoms with Crippen LogP contribution >= 0.6 is 11.3 Å². The summed E-state index contributed by atoms with van der Waals surface area (Å²) in [5.74, 6) is -0.218. The average Bonchev–Trinajstić information content (AvgIpc) is 3.12. The van der Waals surface area contributed by atoms with Crippen molar-refractivity contribution in [3.63, 3.8) is 0 Å². The molecule has 1 aromatic carbocycles. The number of fused-ring (bicyclic) bond motifs is 1. The molecule has 3 rings (SSSR count). The summed E-state index contributed by atoms with van der Waals surface area (Å²) < 4.78 is 27.3. The molecule has 1 atom stereocenters. The first-order valence-electron chi connectivity index (χ1n) is 8.38. The van der Waals surface area contributed by atoms with E-state index in [4.69, 9.17) is 0 Å². The van der Waals surface area contributed by atoms with Gasteiger partial charge in [-0.15, -0.1) is 11.3 Å². The molecule has 0 bridgehead atoms.